The highest BCUT2D eigenvalue weighted by atomic mass is 16.2. The second kappa shape index (κ2) is 8.82. The van der Waals surface area contributed by atoms with Crippen molar-refractivity contribution in [3.05, 3.63) is 59.7 Å². The lowest BCUT2D eigenvalue weighted by Crippen LogP contribution is -2.32. The summed E-state index contributed by atoms with van der Waals surface area (Å²) in [6.07, 6.45) is 0.145. The van der Waals surface area contributed by atoms with Crippen molar-refractivity contribution < 1.29 is 9.59 Å². The first kappa shape index (κ1) is 19.2. The summed E-state index contributed by atoms with van der Waals surface area (Å²) in [5.41, 5.74) is 2.80. The Morgan fingerprint density at radius 2 is 1.77 bits per heavy atom. The Morgan fingerprint density at radius 1 is 1.12 bits per heavy atom. The first-order chi connectivity index (χ1) is 12.4. The molecule has 0 aliphatic rings. The third-order valence-corrected chi connectivity index (χ3v) is 4.11. The molecule has 0 fully saturated rings. The molecule has 0 atom stereocenters. The van der Waals surface area contributed by atoms with Gasteiger partial charge in [-0.05, 0) is 29.7 Å². The molecule has 0 bridgehead atoms. The number of nitriles is 1. The highest BCUT2D eigenvalue weighted by Gasteiger charge is 2.17. The van der Waals surface area contributed by atoms with E-state index < -0.39 is 0 Å². The van der Waals surface area contributed by atoms with Gasteiger partial charge in [-0.3, -0.25) is 9.59 Å². The van der Waals surface area contributed by atoms with Crippen LogP contribution < -0.4 is 10.2 Å². The van der Waals surface area contributed by atoms with Crippen LogP contribution in [0.2, 0.25) is 0 Å². The fourth-order valence-corrected chi connectivity index (χ4v) is 2.79. The Kier molecular flexibility index (Phi) is 6.51. The van der Waals surface area contributed by atoms with Crippen molar-refractivity contribution in [1.29, 1.82) is 5.26 Å². The SMILES string of the molecule is CC(=O)N(CCC(=O)Nc1ccccc1C(C)C)c1ccccc1C#N. The summed E-state index contributed by atoms with van der Waals surface area (Å²) in [7, 11) is 0. The number of nitrogens with one attached hydrogen (secondary N) is 1. The fourth-order valence-electron chi connectivity index (χ4n) is 2.79. The molecule has 5 nitrogen and oxygen atoms in total. The molecule has 0 saturated carbocycles. The third-order valence-electron chi connectivity index (χ3n) is 4.11. The normalized spacial score (nSPS) is 10.3. The van der Waals surface area contributed by atoms with Crippen LogP contribution in [0.5, 0.6) is 0 Å². The zero-order chi connectivity index (χ0) is 19.1. The van der Waals surface area contributed by atoms with Crippen molar-refractivity contribution in [1.82, 2.24) is 0 Å². The second-order valence-electron chi connectivity index (χ2n) is 6.34. The standard InChI is InChI=1S/C21H23N3O2/c1-15(2)18-9-5-6-10-19(18)23-21(26)12-13-24(16(3)25)20-11-7-4-8-17(20)14-22/h4-11,15H,12-13H2,1-3H3,(H,23,26). The lowest BCUT2D eigenvalue weighted by atomic mass is 10.0. The minimum absolute atomic E-state index is 0.145. The Morgan fingerprint density at radius 3 is 2.42 bits per heavy atom. The van der Waals surface area contributed by atoms with E-state index in [9.17, 15) is 14.9 Å². The summed E-state index contributed by atoms with van der Waals surface area (Å²) in [5.74, 6) is -0.0791. The maximum absolute atomic E-state index is 12.4. The number of anilines is 2. The van der Waals surface area contributed by atoms with Gasteiger partial charge in [-0.1, -0.05) is 44.2 Å². The van der Waals surface area contributed by atoms with E-state index in [4.69, 9.17) is 0 Å². The number of hydrogen-bond acceptors (Lipinski definition) is 3. The third kappa shape index (κ3) is 4.70. The van der Waals surface area contributed by atoms with Crippen molar-refractivity contribution in [2.45, 2.75) is 33.1 Å². The molecule has 1 N–H and O–H groups in total. The second-order valence-corrected chi connectivity index (χ2v) is 6.34. The van der Waals surface area contributed by atoms with Crippen molar-refractivity contribution in [2.75, 3.05) is 16.8 Å². The summed E-state index contributed by atoms with van der Waals surface area (Å²) in [6, 6.07) is 16.7. The van der Waals surface area contributed by atoms with Crippen LogP contribution in [0.3, 0.4) is 0 Å². The lowest BCUT2D eigenvalue weighted by Gasteiger charge is -2.22. The van der Waals surface area contributed by atoms with Gasteiger partial charge < -0.3 is 10.2 Å². The molecule has 2 amide bonds. The Labute approximate surface area is 154 Å². The summed E-state index contributed by atoms with van der Waals surface area (Å²) < 4.78 is 0. The van der Waals surface area contributed by atoms with Crippen molar-refractivity contribution >= 4 is 23.2 Å². The van der Waals surface area contributed by atoms with Crippen LogP contribution in [0.1, 0.15) is 44.2 Å². The monoisotopic (exact) mass is 349 g/mol. The molecule has 26 heavy (non-hydrogen) atoms. The van der Waals surface area contributed by atoms with Gasteiger partial charge in [-0.2, -0.15) is 5.26 Å². The first-order valence-electron chi connectivity index (χ1n) is 8.60. The van der Waals surface area contributed by atoms with Gasteiger partial charge in [0.05, 0.1) is 11.3 Å². The number of rotatable bonds is 6. The predicted molar refractivity (Wildman–Crippen MR) is 103 cm³/mol. The Bertz CT molecular complexity index is 837. The van der Waals surface area contributed by atoms with Gasteiger partial charge >= 0.3 is 0 Å². The number of amides is 2. The van der Waals surface area contributed by atoms with Crippen molar-refractivity contribution in [2.24, 2.45) is 0 Å². The fraction of sp³-hybridized carbons (Fsp3) is 0.286. The molecule has 0 radical (unpaired) electrons. The number of hydrogen-bond donors (Lipinski definition) is 1. The van der Waals surface area contributed by atoms with Crippen LogP contribution in [0, 0.1) is 11.3 Å². The number of benzene rings is 2. The maximum atomic E-state index is 12.4. The molecule has 0 unspecified atom stereocenters. The van der Waals surface area contributed by atoms with Crippen LogP contribution in [0.25, 0.3) is 0 Å². The van der Waals surface area contributed by atoms with E-state index in [1.54, 1.807) is 24.3 Å². The van der Waals surface area contributed by atoms with E-state index in [0.717, 1.165) is 11.3 Å². The topological polar surface area (TPSA) is 73.2 Å². The summed E-state index contributed by atoms with van der Waals surface area (Å²) in [4.78, 5) is 25.9. The summed E-state index contributed by atoms with van der Waals surface area (Å²) in [6.45, 7) is 5.78. The predicted octanol–water partition coefficient (Wildman–Crippen LogP) is 4.06. The largest absolute Gasteiger partial charge is 0.326 e. The molecule has 0 aliphatic heterocycles. The van der Waals surface area contributed by atoms with Gasteiger partial charge in [0.1, 0.15) is 6.07 Å². The first-order valence-corrected chi connectivity index (χ1v) is 8.60. The van der Waals surface area contributed by atoms with E-state index >= 15 is 0 Å². The molecular weight excluding hydrogens is 326 g/mol. The van der Waals surface area contributed by atoms with Crippen LogP contribution in [0.4, 0.5) is 11.4 Å². The highest BCUT2D eigenvalue weighted by Crippen LogP contribution is 2.24. The molecule has 134 valence electrons. The van der Waals surface area contributed by atoms with E-state index in [2.05, 4.69) is 25.2 Å². The molecule has 0 aromatic heterocycles. The van der Waals surface area contributed by atoms with Gasteiger partial charge in [0.2, 0.25) is 11.8 Å². The molecule has 0 saturated heterocycles. The molecule has 0 aliphatic carbocycles. The average Bonchev–Trinajstić information content (AvgIpc) is 2.62. The number of carbonyl (C=O) groups excluding carboxylic acids is 2. The zero-order valence-electron chi connectivity index (χ0n) is 15.3. The Balaban J connectivity index is 2.10. The minimum atomic E-state index is -0.205. The van der Waals surface area contributed by atoms with E-state index in [1.165, 1.54) is 11.8 Å². The van der Waals surface area contributed by atoms with Crippen LogP contribution >= 0.6 is 0 Å². The molecular formula is C21H23N3O2. The maximum Gasteiger partial charge on any atom is 0.226 e. The van der Waals surface area contributed by atoms with Crippen molar-refractivity contribution in [3.63, 3.8) is 0 Å². The van der Waals surface area contributed by atoms with Gasteiger partial charge in [-0.15, -0.1) is 0 Å². The smallest absolute Gasteiger partial charge is 0.226 e. The number of carbonyl (C=O) groups is 2. The van der Waals surface area contributed by atoms with Crippen molar-refractivity contribution in [3.8, 4) is 6.07 Å². The van der Waals surface area contributed by atoms with Gasteiger partial charge in [0.25, 0.3) is 0 Å². The summed E-state index contributed by atoms with van der Waals surface area (Å²) >= 11 is 0. The van der Waals surface area contributed by atoms with Gasteiger partial charge in [0.15, 0.2) is 0 Å². The molecule has 2 rings (SSSR count). The van der Waals surface area contributed by atoms with Gasteiger partial charge in [-0.25, -0.2) is 0 Å². The van der Waals surface area contributed by atoms with Crippen LogP contribution in [-0.4, -0.2) is 18.4 Å². The zero-order valence-corrected chi connectivity index (χ0v) is 15.3. The number of para-hydroxylation sites is 2. The summed E-state index contributed by atoms with van der Waals surface area (Å²) in [5, 5.41) is 12.2. The van der Waals surface area contributed by atoms with E-state index in [-0.39, 0.29) is 24.8 Å². The molecule has 2 aromatic rings. The molecule has 2 aromatic carbocycles. The van der Waals surface area contributed by atoms with Gasteiger partial charge in [0, 0.05) is 25.6 Å². The highest BCUT2D eigenvalue weighted by molar-refractivity contribution is 5.96. The minimum Gasteiger partial charge on any atom is -0.326 e. The lowest BCUT2D eigenvalue weighted by molar-refractivity contribution is -0.117. The molecule has 5 heteroatoms. The quantitative estimate of drug-likeness (QED) is 0.854. The average molecular weight is 349 g/mol. The number of nitrogens with zero attached hydrogens (tertiary/aromatic N) is 2. The van der Waals surface area contributed by atoms with E-state index in [1.807, 2.05) is 24.3 Å². The van der Waals surface area contributed by atoms with Crippen LogP contribution in [0.15, 0.2) is 48.5 Å². The van der Waals surface area contributed by atoms with Crippen LogP contribution in [-0.2, 0) is 9.59 Å². The van der Waals surface area contributed by atoms with E-state index in [0.29, 0.717) is 17.2 Å². The molecule has 0 heterocycles. The molecule has 0 spiro atoms. The Hall–Kier alpha value is -3.13.